The average Bonchev–Trinajstić information content (AvgIpc) is 2.83. The van der Waals surface area contributed by atoms with Crippen LogP contribution in [0.15, 0.2) is 6.20 Å². The molecule has 0 saturated carbocycles. The summed E-state index contributed by atoms with van der Waals surface area (Å²) in [6.45, 7) is 10.3. The predicted molar refractivity (Wildman–Crippen MR) is 87.2 cm³/mol. The molecule has 0 aliphatic carbocycles. The van der Waals surface area contributed by atoms with E-state index in [0.717, 1.165) is 18.9 Å². The molecule has 0 amide bonds. The van der Waals surface area contributed by atoms with Gasteiger partial charge in [-0.25, -0.2) is 4.98 Å². The van der Waals surface area contributed by atoms with E-state index < -0.39 is 0 Å². The molecule has 1 atom stereocenters. The van der Waals surface area contributed by atoms with E-state index in [0.29, 0.717) is 12.0 Å². The molecule has 1 saturated heterocycles. The normalized spacial score (nSPS) is 19.6. The van der Waals surface area contributed by atoms with Crippen molar-refractivity contribution in [1.82, 2.24) is 15.2 Å². The summed E-state index contributed by atoms with van der Waals surface area (Å²) in [5, 5.41) is 4.98. The van der Waals surface area contributed by atoms with Crippen LogP contribution >= 0.6 is 11.3 Å². The van der Waals surface area contributed by atoms with Gasteiger partial charge in [-0.05, 0) is 51.7 Å². The third kappa shape index (κ3) is 4.83. The second kappa shape index (κ2) is 7.53. The third-order valence-electron chi connectivity index (χ3n) is 4.25. The average molecular weight is 295 g/mol. The molecule has 2 heterocycles. The van der Waals surface area contributed by atoms with Gasteiger partial charge in [-0.1, -0.05) is 13.8 Å². The number of nitrogens with one attached hydrogen (secondary N) is 1. The lowest BCUT2D eigenvalue weighted by atomic mass is 9.90. The lowest BCUT2D eigenvalue weighted by molar-refractivity contribution is 0.189. The second-order valence-electron chi connectivity index (χ2n) is 6.63. The number of thiazole rings is 1. The van der Waals surface area contributed by atoms with Crippen LogP contribution in [0.1, 0.15) is 43.5 Å². The highest BCUT2D eigenvalue weighted by Gasteiger charge is 2.21. The zero-order valence-corrected chi connectivity index (χ0v) is 14.2. The van der Waals surface area contributed by atoms with Crippen molar-refractivity contribution in [2.24, 2.45) is 11.8 Å². The number of likely N-dealkylation sites (tertiary alicyclic amines) is 1. The van der Waals surface area contributed by atoms with Gasteiger partial charge in [-0.2, -0.15) is 0 Å². The molecule has 20 heavy (non-hydrogen) atoms. The molecule has 4 heteroatoms. The Morgan fingerprint density at radius 2 is 2.05 bits per heavy atom. The molecule has 1 aliphatic heterocycles. The summed E-state index contributed by atoms with van der Waals surface area (Å²) >= 11 is 1.87. The van der Waals surface area contributed by atoms with E-state index >= 15 is 0 Å². The number of aromatic nitrogens is 1. The van der Waals surface area contributed by atoms with Crippen molar-refractivity contribution >= 4 is 11.3 Å². The van der Waals surface area contributed by atoms with Gasteiger partial charge < -0.3 is 10.2 Å². The first-order chi connectivity index (χ1) is 9.54. The minimum Gasteiger partial charge on any atom is -0.309 e. The van der Waals surface area contributed by atoms with E-state index in [1.165, 1.54) is 35.8 Å². The van der Waals surface area contributed by atoms with Crippen LogP contribution in [0.5, 0.6) is 0 Å². The molecule has 1 aromatic rings. The minimum atomic E-state index is 0.611. The fourth-order valence-corrected chi connectivity index (χ4v) is 3.92. The molecule has 0 spiro atoms. The number of rotatable bonds is 6. The van der Waals surface area contributed by atoms with E-state index in [9.17, 15) is 0 Å². The van der Waals surface area contributed by atoms with Crippen LogP contribution in [0.4, 0.5) is 0 Å². The van der Waals surface area contributed by atoms with E-state index in [1.807, 2.05) is 11.3 Å². The Bertz CT molecular complexity index is 394. The number of nitrogens with zero attached hydrogens (tertiary/aromatic N) is 2. The predicted octanol–water partition coefficient (Wildman–Crippen LogP) is 3.16. The Morgan fingerprint density at radius 3 is 2.70 bits per heavy atom. The van der Waals surface area contributed by atoms with Gasteiger partial charge in [0.1, 0.15) is 0 Å². The van der Waals surface area contributed by atoms with Gasteiger partial charge in [-0.3, -0.25) is 0 Å². The van der Waals surface area contributed by atoms with Crippen LogP contribution < -0.4 is 5.32 Å². The Labute approximate surface area is 127 Å². The molecule has 1 aromatic heterocycles. The van der Waals surface area contributed by atoms with E-state index in [2.05, 4.69) is 49.2 Å². The summed E-state index contributed by atoms with van der Waals surface area (Å²) in [5.74, 6) is 1.52. The Hall–Kier alpha value is -0.450. The van der Waals surface area contributed by atoms with Crippen molar-refractivity contribution in [2.75, 3.05) is 20.1 Å². The lowest BCUT2D eigenvalue weighted by Crippen LogP contribution is -2.40. The molecule has 1 fully saturated rings. The molecule has 114 valence electrons. The van der Waals surface area contributed by atoms with Crippen molar-refractivity contribution in [3.63, 3.8) is 0 Å². The summed E-state index contributed by atoms with van der Waals surface area (Å²) in [7, 11) is 2.22. The smallest absolute Gasteiger partial charge is 0.0930 e. The summed E-state index contributed by atoms with van der Waals surface area (Å²) in [6.07, 6.45) is 5.81. The van der Waals surface area contributed by atoms with Gasteiger partial charge in [-0.15, -0.1) is 11.3 Å². The molecule has 0 aromatic carbocycles. The fourth-order valence-electron chi connectivity index (χ4n) is 2.83. The van der Waals surface area contributed by atoms with Crippen LogP contribution in [-0.4, -0.2) is 36.1 Å². The van der Waals surface area contributed by atoms with Gasteiger partial charge in [0.2, 0.25) is 0 Å². The van der Waals surface area contributed by atoms with E-state index in [4.69, 9.17) is 0 Å². The van der Waals surface area contributed by atoms with Crippen molar-refractivity contribution in [3.05, 3.63) is 16.1 Å². The van der Waals surface area contributed by atoms with E-state index in [1.54, 1.807) is 0 Å². The highest BCUT2D eigenvalue weighted by molar-refractivity contribution is 7.11. The van der Waals surface area contributed by atoms with Gasteiger partial charge in [0.15, 0.2) is 0 Å². The van der Waals surface area contributed by atoms with E-state index in [-0.39, 0.29) is 0 Å². The van der Waals surface area contributed by atoms with Crippen molar-refractivity contribution in [3.8, 4) is 0 Å². The van der Waals surface area contributed by atoms with Gasteiger partial charge in [0, 0.05) is 30.1 Å². The fraction of sp³-hybridized carbons (Fsp3) is 0.812. The van der Waals surface area contributed by atoms with Crippen LogP contribution in [0.25, 0.3) is 0 Å². The SMILES string of the molecule is CC(C)Cc1ncc(CN[C@H](C)C2CCN(C)CC2)s1. The third-order valence-corrected chi connectivity index (χ3v) is 5.27. The minimum absolute atomic E-state index is 0.611. The Morgan fingerprint density at radius 1 is 1.35 bits per heavy atom. The molecular weight excluding hydrogens is 266 g/mol. The van der Waals surface area contributed by atoms with Crippen LogP contribution in [-0.2, 0) is 13.0 Å². The molecule has 2 rings (SSSR count). The van der Waals surface area contributed by atoms with Crippen molar-refractivity contribution in [1.29, 1.82) is 0 Å². The van der Waals surface area contributed by atoms with Gasteiger partial charge in [0.25, 0.3) is 0 Å². The lowest BCUT2D eigenvalue weighted by Gasteiger charge is -2.33. The maximum absolute atomic E-state index is 4.53. The summed E-state index contributed by atoms with van der Waals surface area (Å²) < 4.78 is 0. The molecule has 0 unspecified atom stereocenters. The highest BCUT2D eigenvalue weighted by atomic mass is 32.1. The molecule has 0 bridgehead atoms. The van der Waals surface area contributed by atoms with Crippen molar-refractivity contribution in [2.45, 2.75) is 52.6 Å². The topological polar surface area (TPSA) is 28.2 Å². The summed E-state index contributed by atoms with van der Waals surface area (Å²) in [5.41, 5.74) is 0. The van der Waals surface area contributed by atoms with Gasteiger partial charge in [0.05, 0.1) is 5.01 Å². The molecule has 0 radical (unpaired) electrons. The first-order valence-corrected chi connectivity index (χ1v) is 8.71. The number of hydrogen-bond acceptors (Lipinski definition) is 4. The number of piperidine rings is 1. The summed E-state index contributed by atoms with van der Waals surface area (Å²) in [4.78, 5) is 8.34. The largest absolute Gasteiger partial charge is 0.309 e. The first-order valence-electron chi connectivity index (χ1n) is 7.90. The monoisotopic (exact) mass is 295 g/mol. The second-order valence-corrected chi connectivity index (χ2v) is 7.83. The first kappa shape index (κ1) is 15.9. The quantitative estimate of drug-likeness (QED) is 0.874. The number of hydrogen-bond donors (Lipinski definition) is 1. The zero-order chi connectivity index (χ0) is 14.5. The van der Waals surface area contributed by atoms with Crippen LogP contribution in [0.2, 0.25) is 0 Å². The van der Waals surface area contributed by atoms with Crippen molar-refractivity contribution < 1.29 is 0 Å². The van der Waals surface area contributed by atoms with Gasteiger partial charge >= 0.3 is 0 Å². The maximum Gasteiger partial charge on any atom is 0.0930 e. The zero-order valence-electron chi connectivity index (χ0n) is 13.4. The summed E-state index contributed by atoms with van der Waals surface area (Å²) in [6, 6.07) is 0.611. The molecule has 1 aliphatic rings. The Kier molecular flexibility index (Phi) is 6.00. The molecule has 3 nitrogen and oxygen atoms in total. The highest BCUT2D eigenvalue weighted by Crippen LogP contribution is 2.21. The Balaban J connectivity index is 1.75. The maximum atomic E-state index is 4.53. The molecule has 1 N–H and O–H groups in total. The molecular formula is C16H29N3S. The van der Waals surface area contributed by atoms with Crippen LogP contribution in [0.3, 0.4) is 0 Å². The van der Waals surface area contributed by atoms with Crippen LogP contribution in [0, 0.1) is 11.8 Å². The standard InChI is InChI=1S/C16H29N3S/c1-12(2)9-16-18-11-15(20-16)10-17-13(3)14-5-7-19(4)8-6-14/h11-14,17H,5-10H2,1-4H3/t13-/m1/s1.